The molecule has 0 nitrogen and oxygen atoms in total. The van der Waals surface area contributed by atoms with Gasteiger partial charge in [-0.3, -0.25) is 0 Å². The molecule has 0 saturated carbocycles. The summed E-state index contributed by atoms with van der Waals surface area (Å²) in [6, 6.07) is 0. The third kappa shape index (κ3) is 8.40. The molecule has 6 atom stereocenters. The maximum atomic E-state index is 2.52. The van der Waals surface area contributed by atoms with Gasteiger partial charge in [0.15, 0.2) is 0 Å². The Morgan fingerprint density at radius 1 is 0.455 bits per heavy atom. The lowest BCUT2D eigenvalue weighted by molar-refractivity contribution is 0.378. The molecule has 0 heterocycles. The molecule has 6 unspecified atom stereocenters. The van der Waals surface area contributed by atoms with Gasteiger partial charge in [-0.15, -0.1) is 0 Å². The molecule has 0 bridgehead atoms. The minimum atomic E-state index is -0.618. The second kappa shape index (κ2) is 12.0. The lowest BCUT2D eigenvalue weighted by Crippen LogP contribution is -2.27. The maximum absolute atomic E-state index is 2.52. The Morgan fingerprint density at radius 2 is 0.682 bits per heavy atom. The molecule has 0 aromatic rings. The summed E-state index contributed by atoms with van der Waals surface area (Å²) in [5, 5.41) is 4.74. The van der Waals surface area contributed by atoms with E-state index >= 15 is 0 Å². The molecule has 22 heavy (non-hydrogen) atoms. The van der Waals surface area contributed by atoms with E-state index in [0.717, 1.165) is 35.5 Å². The van der Waals surface area contributed by atoms with Gasteiger partial charge in [0.25, 0.3) is 14.1 Å². The third-order valence-electron chi connectivity index (χ3n) is 6.96. The normalized spacial score (nSPS) is 20.0. The number of hydrogen-bond acceptors (Lipinski definition) is 0. The van der Waals surface area contributed by atoms with Gasteiger partial charge < -0.3 is 0 Å². The SMILES string of the molecule is CCC(C)C(C)[CH2][Al]([CH2]C(C)C(C)CC)[CH2]C(C)C(C)CC. The number of hydrogen-bond donors (Lipinski definition) is 0. The molecule has 0 spiro atoms. The van der Waals surface area contributed by atoms with E-state index in [2.05, 4.69) is 62.3 Å². The molecule has 0 aromatic carbocycles. The summed E-state index contributed by atoms with van der Waals surface area (Å²) in [4.78, 5) is 0. The Morgan fingerprint density at radius 3 is 0.864 bits per heavy atom. The first-order valence-corrected chi connectivity index (χ1v) is 12.7. The molecule has 0 N–H and O–H groups in total. The van der Waals surface area contributed by atoms with Crippen molar-refractivity contribution in [3.8, 4) is 0 Å². The Kier molecular flexibility index (Phi) is 12.3. The largest absolute Gasteiger partial charge is 0.262 e. The highest BCUT2D eigenvalue weighted by molar-refractivity contribution is 6.59. The highest BCUT2D eigenvalue weighted by atomic mass is 27.2. The summed E-state index contributed by atoms with van der Waals surface area (Å²) in [6.07, 6.45) is 4.05. The molecular weight excluding hydrogens is 279 g/mol. The van der Waals surface area contributed by atoms with E-state index in [0.29, 0.717) is 0 Å². The zero-order valence-corrected chi connectivity index (χ0v) is 18.4. The van der Waals surface area contributed by atoms with Crippen LogP contribution in [0.25, 0.3) is 0 Å². The summed E-state index contributed by atoms with van der Waals surface area (Å²) >= 11 is -0.618. The predicted molar refractivity (Wildman–Crippen MR) is 106 cm³/mol. The Balaban J connectivity index is 4.75. The zero-order valence-electron chi connectivity index (χ0n) is 17.3. The molecule has 0 aromatic heterocycles. The van der Waals surface area contributed by atoms with Crippen LogP contribution in [0.4, 0.5) is 0 Å². The summed E-state index contributed by atoms with van der Waals surface area (Å²) in [7, 11) is 0. The van der Waals surface area contributed by atoms with Crippen LogP contribution in [0.5, 0.6) is 0 Å². The van der Waals surface area contributed by atoms with Gasteiger partial charge in [0.2, 0.25) is 0 Å². The minimum absolute atomic E-state index is 0.618. The maximum Gasteiger partial charge on any atom is 0.262 e. The smallest absolute Gasteiger partial charge is 0.0910 e. The van der Waals surface area contributed by atoms with E-state index in [1.807, 2.05) is 0 Å². The van der Waals surface area contributed by atoms with Crippen LogP contribution in [0.3, 0.4) is 0 Å². The summed E-state index contributed by atoms with van der Waals surface area (Å²) in [5.74, 6) is 5.55. The molecular formula is C21H45Al. The average molecular weight is 325 g/mol. The van der Waals surface area contributed by atoms with Gasteiger partial charge in [-0.2, -0.15) is 0 Å². The highest BCUT2D eigenvalue weighted by Crippen LogP contribution is 2.32. The van der Waals surface area contributed by atoms with Crippen LogP contribution in [-0.2, 0) is 0 Å². The monoisotopic (exact) mass is 324 g/mol. The molecule has 0 rings (SSSR count). The second-order valence-corrected chi connectivity index (χ2v) is 11.8. The Bertz CT molecular complexity index is 220. The average Bonchev–Trinajstić information content (AvgIpc) is 2.51. The van der Waals surface area contributed by atoms with E-state index in [-0.39, 0.29) is 0 Å². The third-order valence-corrected chi connectivity index (χ3v) is 11.2. The fourth-order valence-corrected chi connectivity index (χ4v) is 8.90. The summed E-state index contributed by atoms with van der Waals surface area (Å²) in [6.45, 7) is 22.1. The van der Waals surface area contributed by atoms with E-state index in [1.165, 1.54) is 19.3 Å². The number of rotatable bonds is 12. The van der Waals surface area contributed by atoms with Crippen molar-refractivity contribution in [2.75, 3.05) is 0 Å². The van der Waals surface area contributed by atoms with Gasteiger partial charge in [0.1, 0.15) is 0 Å². The fourth-order valence-electron chi connectivity index (χ4n) is 3.77. The first-order valence-electron chi connectivity index (χ1n) is 10.3. The van der Waals surface area contributed by atoms with Crippen LogP contribution in [0, 0.1) is 35.5 Å². The molecule has 1 heteroatoms. The summed E-state index contributed by atoms with van der Waals surface area (Å²) < 4.78 is 0. The van der Waals surface area contributed by atoms with Crippen LogP contribution in [-0.4, -0.2) is 14.1 Å². The van der Waals surface area contributed by atoms with Gasteiger partial charge in [0.05, 0.1) is 0 Å². The van der Waals surface area contributed by atoms with Crippen molar-refractivity contribution < 1.29 is 0 Å². The molecule has 0 amide bonds. The molecule has 0 fully saturated rings. The van der Waals surface area contributed by atoms with Crippen molar-refractivity contribution in [2.24, 2.45) is 35.5 Å². The van der Waals surface area contributed by atoms with Crippen LogP contribution in [0.15, 0.2) is 0 Å². The first kappa shape index (κ1) is 22.5. The van der Waals surface area contributed by atoms with Crippen molar-refractivity contribution in [3.05, 3.63) is 0 Å². The molecule has 0 radical (unpaired) electrons. The van der Waals surface area contributed by atoms with Crippen molar-refractivity contribution in [3.63, 3.8) is 0 Å². The molecule has 0 aliphatic carbocycles. The molecule has 0 aliphatic rings. The van der Waals surface area contributed by atoms with Crippen molar-refractivity contribution in [1.82, 2.24) is 0 Å². The van der Waals surface area contributed by atoms with Gasteiger partial charge in [-0.25, -0.2) is 0 Å². The fraction of sp³-hybridized carbons (Fsp3) is 1.00. The van der Waals surface area contributed by atoms with E-state index < -0.39 is 14.1 Å². The van der Waals surface area contributed by atoms with Crippen LogP contribution in [0.1, 0.15) is 81.6 Å². The molecule has 0 saturated heterocycles. The topological polar surface area (TPSA) is 0 Å². The van der Waals surface area contributed by atoms with Gasteiger partial charge >= 0.3 is 0 Å². The Labute approximate surface area is 147 Å². The van der Waals surface area contributed by atoms with Crippen molar-refractivity contribution in [2.45, 2.75) is 97.4 Å². The highest BCUT2D eigenvalue weighted by Gasteiger charge is 2.28. The summed E-state index contributed by atoms with van der Waals surface area (Å²) in [5.41, 5.74) is 0. The zero-order chi connectivity index (χ0) is 17.3. The quantitative estimate of drug-likeness (QED) is 0.325. The van der Waals surface area contributed by atoms with Gasteiger partial charge in [-0.1, -0.05) is 115 Å². The van der Waals surface area contributed by atoms with Gasteiger partial charge in [-0.05, 0) is 17.8 Å². The lowest BCUT2D eigenvalue weighted by Gasteiger charge is -2.29. The van der Waals surface area contributed by atoms with Crippen molar-refractivity contribution in [1.29, 1.82) is 0 Å². The Hall–Kier alpha value is 0.532. The van der Waals surface area contributed by atoms with Crippen molar-refractivity contribution >= 4 is 14.1 Å². The van der Waals surface area contributed by atoms with E-state index in [4.69, 9.17) is 0 Å². The van der Waals surface area contributed by atoms with Gasteiger partial charge in [0, 0.05) is 0 Å². The molecule has 132 valence electrons. The van der Waals surface area contributed by atoms with E-state index in [9.17, 15) is 0 Å². The lowest BCUT2D eigenvalue weighted by atomic mass is 9.95. The minimum Gasteiger partial charge on any atom is -0.0910 e. The molecule has 0 aliphatic heterocycles. The second-order valence-electron chi connectivity index (χ2n) is 8.66. The predicted octanol–water partition coefficient (Wildman–Crippen LogP) is 7.53. The first-order chi connectivity index (χ1) is 10.3. The standard InChI is InChI=1S/3C7H15.Al/c3*1-5-7(4)6(2)3;/h3*6-7H,2,5H2,1,3-4H3;. The van der Waals surface area contributed by atoms with Crippen LogP contribution in [0.2, 0.25) is 15.8 Å². The van der Waals surface area contributed by atoms with Crippen LogP contribution >= 0.6 is 0 Å². The van der Waals surface area contributed by atoms with E-state index in [1.54, 1.807) is 15.8 Å². The van der Waals surface area contributed by atoms with Crippen LogP contribution < -0.4 is 0 Å².